The minimum absolute atomic E-state index is 0. The molecule has 3 aromatic heterocycles. The molecule has 54 heavy (non-hydrogen) atoms. The van der Waals surface area contributed by atoms with Crippen LogP contribution in [-0.4, -0.2) is 9.97 Å². The first kappa shape index (κ1) is 33.0. The molecule has 4 heteroatoms. The number of furan rings is 1. The molecule has 0 amide bonds. The standard InChI is InChI=1S/C35H36NO.C15H16N.Ir/c1-21-20-36-29(18-22(21)19-33(2,3)4)27-14-11-13-25-26-17-16-24-23-12-9-10-15-28(23)34(5,6)35(7,8)30(24)32(26)37-31(25)27;1-15(2,3)13-9-10-16-14(11-13)12-7-5-4-6-8-12;/h9-13,15-18,20H,19H2,1-8H3;4-7,9-11H,1-3H3;/q2*-1;/i1D3,19D2;;. The van der Waals surface area contributed by atoms with Gasteiger partial charge in [-0.1, -0.05) is 134 Å². The first-order valence-corrected chi connectivity index (χ1v) is 18.4. The fraction of sp³-hybridized carbons (Fsp3) is 0.320. The van der Waals surface area contributed by atoms with E-state index < -0.39 is 18.6 Å². The predicted molar refractivity (Wildman–Crippen MR) is 222 cm³/mol. The SMILES string of the molecule is CC(C)(C)c1ccnc(-c2[c-]cccc2)c1.[2H]C([2H])([2H])c1cnc(-c2[c-]ccc3c2oc2c4c(ccc23)-c2ccccc2C(C)(C)C4(C)C)cc1C([2H])([2H])C(C)(C)C.[Ir]. The Labute approximate surface area is 343 Å². The van der Waals surface area contributed by atoms with Crippen LogP contribution in [0.15, 0.2) is 108 Å². The van der Waals surface area contributed by atoms with Crippen LogP contribution in [0.25, 0.3) is 55.6 Å². The molecule has 0 saturated carbocycles. The van der Waals surface area contributed by atoms with E-state index in [2.05, 4.69) is 119 Å². The number of benzene rings is 4. The molecule has 1 aliphatic rings. The van der Waals surface area contributed by atoms with E-state index in [1.54, 1.807) is 26.8 Å². The number of pyridine rings is 2. The van der Waals surface area contributed by atoms with Gasteiger partial charge in [0.25, 0.3) is 0 Å². The summed E-state index contributed by atoms with van der Waals surface area (Å²) in [5.41, 5.74) is 9.51. The molecule has 0 spiro atoms. The average Bonchev–Trinajstić information content (AvgIpc) is 3.55. The zero-order chi connectivity index (χ0) is 42.2. The molecule has 8 rings (SSSR count). The van der Waals surface area contributed by atoms with Gasteiger partial charge in [-0.3, -0.25) is 0 Å². The number of rotatable bonds is 3. The third-order valence-electron chi connectivity index (χ3n) is 11.0. The second-order valence-electron chi connectivity index (χ2n) is 17.3. The second kappa shape index (κ2) is 14.4. The minimum atomic E-state index is -2.51. The maximum Gasteiger partial charge on any atom is 0.125 e. The molecule has 0 N–H and O–H groups in total. The summed E-state index contributed by atoms with van der Waals surface area (Å²) in [4.78, 5) is 8.93. The Morgan fingerprint density at radius 3 is 2.19 bits per heavy atom. The Morgan fingerprint density at radius 1 is 0.741 bits per heavy atom. The van der Waals surface area contributed by atoms with E-state index in [4.69, 9.17) is 11.3 Å². The maximum atomic E-state index is 8.95. The van der Waals surface area contributed by atoms with Crippen molar-refractivity contribution in [3.05, 3.63) is 143 Å². The van der Waals surface area contributed by atoms with Crippen molar-refractivity contribution in [1.82, 2.24) is 9.97 Å². The third kappa shape index (κ3) is 7.12. The Hall–Kier alpha value is -4.37. The largest absolute Gasteiger partial charge is 0.500 e. The Kier molecular flexibility index (Phi) is 8.78. The van der Waals surface area contributed by atoms with E-state index in [1.807, 2.05) is 42.6 Å². The van der Waals surface area contributed by atoms with Crippen LogP contribution in [0, 0.1) is 24.4 Å². The van der Waals surface area contributed by atoms with Crippen molar-refractivity contribution >= 4 is 21.9 Å². The summed E-state index contributed by atoms with van der Waals surface area (Å²) >= 11 is 0. The van der Waals surface area contributed by atoms with Crippen molar-refractivity contribution in [2.24, 2.45) is 5.41 Å². The van der Waals surface area contributed by atoms with Gasteiger partial charge in [0.1, 0.15) is 5.58 Å². The molecule has 0 fully saturated rings. The van der Waals surface area contributed by atoms with E-state index in [0.717, 1.165) is 38.7 Å². The zero-order valence-electron chi connectivity index (χ0n) is 38.0. The van der Waals surface area contributed by atoms with Crippen LogP contribution >= 0.6 is 0 Å². The predicted octanol–water partition coefficient (Wildman–Crippen LogP) is 13.4. The molecule has 7 aromatic rings. The van der Waals surface area contributed by atoms with Gasteiger partial charge in [0, 0.05) is 55.7 Å². The molecule has 0 aliphatic heterocycles. The van der Waals surface area contributed by atoms with Crippen molar-refractivity contribution in [2.75, 3.05) is 0 Å². The second-order valence-corrected chi connectivity index (χ2v) is 17.3. The van der Waals surface area contributed by atoms with E-state index in [1.165, 1.54) is 22.9 Å². The number of aromatic nitrogens is 2. The van der Waals surface area contributed by atoms with Crippen molar-refractivity contribution in [3.8, 4) is 33.6 Å². The maximum absolute atomic E-state index is 8.95. The Morgan fingerprint density at radius 2 is 1.48 bits per heavy atom. The van der Waals surface area contributed by atoms with E-state index >= 15 is 0 Å². The molecular formula is C50H52IrN2O-2. The summed E-state index contributed by atoms with van der Waals surface area (Å²) in [7, 11) is 0. The molecule has 0 bridgehead atoms. The number of hydrogen-bond acceptors (Lipinski definition) is 3. The molecule has 3 nitrogen and oxygen atoms in total. The quantitative estimate of drug-likeness (QED) is 0.166. The van der Waals surface area contributed by atoms with Crippen LogP contribution in [0.2, 0.25) is 0 Å². The van der Waals surface area contributed by atoms with Gasteiger partial charge >= 0.3 is 0 Å². The fourth-order valence-corrected chi connectivity index (χ4v) is 7.45. The van der Waals surface area contributed by atoms with Gasteiger partial charge in [0.15, 0.2) is 0 Å². The first-order valence-electron chi connectivity index (χ1n) is 20.9. The van der Waals surface area contributed by atoms with Crippen molar-refractivity contribution in [1.29, 1.82) is 0 Å². The normalized spacial score (nSPS) is 16.3. The van der Waals surface area contributed by atoms with Gasteiger partial charge < -0.3 is 14.4 Å². The summed E-state index contributed by atoms with van der Waals surface area (Å²) in [6.07, 6.45) is 1.23. The topological polar surface area (TPSA) is 38.9 Å². The Bertz CT molecular complexity index is 2660. The zero-order valence-corrected chi connectivity index (χ0v) is 35.3. The summed E-state index contributed by atoms with van der Waals surface area (Å²) in [6.45, 7) is 18.6. The molecule has 0 atom stereocenters. The van der Waals surface area contributed by atoms with Gasteiger partial charge in [0.05, 0.1) is 5.58 Å². The summed E-state index contributed by atoms with van der Waals surface area (Å²) in [5, 5.41) is 1.91. The minimum Gasteiger partial charge on any atom is -0.500 e. The number of nitrogens with zero attached hydrogens (tertiary/aromatic N) is 2. The van der Waals surface area contributed by atoms with Gasteiger partial charge in [-0.2, -0.15) is 0 Å². The monoisotopic (exact) mass is 894 g/mol. The molecule has 4 aromatic carbocycles. The van der Waals surface area contributed by atoms with Gasteiger partial charge in [0.2, 0.25) is 0 Å². The first-order chi connectivity index (χ1) is 27.0. The number of hydrogen-bond donors (Lipinski definition) is 0. The van der Waals surface area contributed by atoms with Crippen LogP contribution < -0.4 is 0 Å². The van der Waals surface area contributed by atoms with Gasteiger partial charge in [-0.05, 0) is 74.7 Å². The number of aryl methyl sites for hydroxylation is 1. The fourth-order valence-electron chi connectivity index (χ4n) is 7.45. The molecular weight excluding hydrogens is 837 g/mol. The van der Waals surface area contributed by atoms with E-state index in [-0.39, 0.29) is 47.5 Å². The van der Waals surface area contributed by atoms with Crippen LogP contribution in [0.1, 0.15) is 104 Å². The molecule has 3 heterocycles. The average molecular weight is 894 g/mol. The number of fused-ring (bicyclic) bond motifs is 7. The van der Waals surface area contributed by atoms with Crippen LogP contribution in [-0.2, 0) is 42.7 Å². The van der Waals surface area contributed by atoms with Crippen LogP contribution in [0.4, 0.5) is 0 Å². The Balaban J connectivity index is 0.000000289. The van der Waals surface area contributed by atoms with E-state index in [0.29, 0.717) is 16.8 Å². The van der Waals surface area contributed by atoms with Gasteiger partial charge in [-0.25, -0.2) is 0 Å². The molecule has 279 valence electrons. The summed E-state index contributed by atoms with van der Waals surface area (Å²) in [5.74, 6) is 0. The van der Waals surface area contributed by atoms with Crippen LogP contribution in [0.3, 0.4) is 0 Å². The smallest absolute Gasteiger partial charge is 0.125 e. The van der Waals surface area contributed by atoms with Crippen molar-refractivity contribution in [3.63, 3.8) is 0 Å². The van der Waals surface area contributed by atoms with Crippen molar-refractivity contribution < 1.29 is 31.4 Å². The summed E-state index contributed by atoms with van der Waals surface area (Å²) < 4.78 is 49.0. The van der Waals surface area contributed by atoms with Gasteiger partial charge in [-0.15, -0.1) is 54.1 Å². The summed E-state index contributed by atoms with van der Waals surface area (Å²) in [6, 6.07) is 36.9. The van der Waals surface area contributed by atoms with Crippen molar-refractivity contribution in [2.45, 2.75) is 98.7 Å². The van der Waals surface area contributed by atoms with Crippen LogP contribution in [0.5, 0.6) is 0 Å². The molecule has 1 radical (unpaired) electrons. The molecule has 0 unspecified atom stereocenters. The third-order valence-corrected chi connectivity index (χ3v) is 11.0. The molecule has 1 aliphatic carbocycles. The molecule has 0 saturated heterocycles. The van der Waals surface area contributed by atoms with E-state index in [9.17, 15) is 0 Å².